The maximum absolute atomic E-state index is 13.0. The van der Waals surface area contributed by atoms with Gasteiger partial charge < -0.3 is 19.7 Å². The van der Waals surface area contributed by atoms with Crippen LogP contribution in [0.3, 0.4) is 0 Å². The summed E-state index contributed by atoms with van der Waals surface area (Å²) in [6.45, 7) is 1.58. The van der Waals surface area contributed by atoms with Gasteiger partial charge in [0.05, 0.1) is 14.2 Å². The number of hydrogen-bond acceptors (Lipinski definition) is 4. The molecule has 6 nitrogen and oxygen atoms in total. The molecule has 2 rings (SSSR count). The molecule has 0 heterocycles. The van der Waals surface area contributed by atoms with E-state index in [-0.39, 0.29) is 30.6 Å². The van der Waals surface area contributed by atoms with Crippen LogP contribution in [0.5, 0.6) is 11.5 Å². The molecule has 0 saturated carbocycles. The summed E-state index contributed by atoms with van der Waals surface area (Å²) in [5.41, 5.74) is 1.10. The van der Waals surface area contributed by atoms with E-state index in [0.717, 1.165) is 0 Å². The molecule has 0 aliphatic rings. The Kier molecular flexibility index (Phi) is 6.54. The van der Waals surface area contributed by atoms with Crippen LogP contribution in [0.25, 0.3) is 0 Å². The Morgan fingerprint density at radius 2 is 1.69 bits per heavy atom. The minimum Gasteiger partial charge on any atom is -0.493 e. The summed E-state index contributed by atoms with van der Waals surface area (Å²) in [4.78, 5) is 25.4. The van der Waals surface area contributed by atoms with Crippen LogP contribution in [0, 0.1) is 5.82 Å². The smallest absolute Gasteiger partial charge is 0.226 e. The molecule has 0 atom stereocenters. The molecule has 0 saturated heterocycles. The maximum atomic E-state index is 13.0. The number of methoxy groups -OCH3 is 2. The van der Waals surface area contributed by atoms with E-state index in [4.69, 9.17) is 9.47 Å². The van der Waals surface area contributed by atoms with Gasteiger partial charge in [0.15, 0.2) is 11.5 Å². The lowest BCUT2D eigenvalue weighted by Gasteiger charge is -2.21. The van der Waals surface area contributed by atoms with Crippen LogP contribution in [-0.2, 0) is 9.59 Å². The van der Waals surface area contributed by atoms with Crippen molar-refractivity contribution in [2.24, 2.45) is 0 Å². The topological polar surface area (TPSA) is 67.9 Å². The predicted octanol–water partition coefficient (Wildman–Crippen LogP) is 3.22. The molecule has 0 bridgehead atoms. The lowest BCUT2D eigenvalue weighted by atomic mass is 10.2. The summed E-state index contributed by atoms with van der Waals surface area (Å²) >= 11 is 0. The van der Waals surface area contributed by atoms with E-state index < -0.39 is 0 Å². The van der Waals surface area contributed by atoms with Crippen LogP contribution in [0.4, 0.5) is 15.8 Å². The fourth-order valence-electron chi connectivity index (χ4n) is 2.44. The van der Waals surface area contributed by atoms with E-state index in [0.29, 0.717) is 22.9 Å². The van der Waals surface area contributed by atoms with E-state index >= 15 is 0 Å². The normalized spacial score (nSPS) is 10.2. The molecule has 138 valence electrons. The Morgan fingerprint density at radius 3 is 2.27 bits per heavy atom. The van der Waals surface area contributed by atoms with E-state index in [1.54, 1.807) is 18.2 Å². The van der Waals surface area contributed by atoms with Gasteiger partial charge >= 0.3 is 0 Å². The molecule has 0 aliphatic carbocycles. The first kappa shape index (κ1) is 19.2. The van der Waals surface area contributed by atoms with Gasteiger partial charge in [-0.3, -0.25) is 9.59 Å². The molecular formula is C19H21FN2O4. The number of carbonyl (C=O) groups excluding carboxylic acids is 2. The first-order chi connectivity index (χ1) is 12.4. The van der Waals surface area contributed by atoms with Crippen LogP contribution in [0.1, 0.15) is 13.3 Å². The summed E-state index contributed by atoms with van der Waals surface area (Å²) < 4.78 is 23.4. The average Bonchev–Trinajstić information content (AvgIpc) is 2.63. The molecule has 0 spiro atoms. The van der Waals surface area contributed by atoms with Crippen molar-refractivity contribution < 1.29 is 23.5 Å². The van der Waals surface area contributed by atoms with Crippen molar-refractivity contribution in [3.8, 4) is 11.5 Å². The first-order valence-electron chi connectivity index (χ1n) is 8.00. The Bertz CT molecular complexity index is 778. The number of benzene rings is 2. The predicted molar refractivity (Wildman–Crippen MR) is 97.2 cm³/mol. The van der Waals surface area contributed by atoms with Crippen LogP contribution in [-0.4, -0.2) is 32.6 Å². The SMILES string of the molecule is COc1ccc(NC(=O)CCN(C(C)=O)c2ccc(F)cc2)cc1OC. The third-order valence-electron chi connectivity index (χ3n) is 3.75. The summed E-state index contributed by atoms with van der Waals surface area (Å²) in [6, 6.07) is 10.6. The standard InChI is InChI=1S/C19H21FN2O4/c1-13(23)22(16-7-4-14(20)5-8-16)11-10-19(24)21-15-6-9-17(25-2)18(12-15)26-3/h4-9,12H,10-11H2,1-3H3,(H,21,24). The molecule has 2 aromatic carbocycles. The Morgan fingerprint density at radius 1 is 1.04 bits per heavy atom. The van der Waals surface area contributed by atoms with Gasteiger partial charge in [0, 0.05) is 37.3 Å². The number of nitrogens with zero attached hydrogens (tertiary/aromatic N) is 1. The molecule has 26 heavy (non-hydrogen) atoms. The first-order valence-corrected chi connectivity index (χ1v) is 8.00. The van der Waals surface area contributed by atoms with Gasteiger partial charge in [-0.25, -0.2) is 4.39 Å². The van der Waals surface area contributed by atoms with Crippen LogP contribution < -0.4 is 19.7 Å². The van der Waals surface area contributed by atoms with Crippen molar-refractivity contribution in [3.63, 3.8) is 0 Å². The van der Waals surface area contributed by atoms with Gasteiger partial charge in [-0.15, -0.1) is 0 Å². The zero-order valence-corrected chi connectivity index (χ0v) is 14.9. The number of nitrogens with one attached hydrogen (secondary N) is 1. The summed E-state index contributed by atoms with van der Waals surface area (Å²) in [5.74, 6) is 0.191. The summed E-state index contributed by atoms with van der Waals surface area (Å²) in [7, 11) is 3.04. The highest BCUT2D eigenvalue weighted by Gasteiger charge is 2.14. The van der Waals surface area contributed by atoms with Gasteiger partial charge in [-0.2, -0.15) is 0 Å². The van der Waals surface area contributed by atoms with Crippen molar-refractivity contribution in [3.05, 3.63) is 48.3 Å². The molecule has 0 fully saturated rings. The van der Waals surface area contributed by atoms with Crippen molar-refractivity contribution in [2.75, 3.05) is 31.0 Å². The molecule has 1 N–H and O–H groups in total. The second-order valence-corrected chi connectivity index (χ2v) is 5.52. The second kappa shape index (κ2) is 8.84. The summed E-state index contributed by atoms with van der Waals surface area (Å²) in [6.07, 6.45) is 0.0886. The minimum absolute atomic E-state index is 0.0886. The molecule has 0 aliphatic heterocycles. The van der Waals surface area contributed by atoms with Gasteiger partial charge in [0.1, 0.15) is 5.82 Å². The fraction of sp³-hybridized carbons (Fsp3) is 0.263. The molecule has 2 aromatic rings. The molecule has 0 radical (unpaired) electrons. The Hall–Kier alpha value is -3.09. The summed E-state index contributed by atoms with van der Waals surface area (Å²) in [5, 5.41) is 2.75. The zero-order valence-electron chi connectivity index (χ0n) is 14.9. The van der Waals surface area contributed by atoms with E-state index in [9.17, 15) is 14.0 Å². The largest absolute Gasteiger partial charge is 0.493 e. The van der Waals surface area contributed by atoms with Crippen LogP contribution in [0.2, 0.25) is 0 Å². The van der Waals surface area contributed by atoms with E-state index in [2.05, 4.69) is 5.32 Å². The molecular weight excluding hydrogens is 339 g/mol. The number of ether oxygens (including phenoxy) is 2. The van der Waals surface area contributed by atoms with Crippen molar-refractivity contribution >= 4 is 23.2 Å². The second-order valence-electron chi connectivity index (χ2n) is 5.52. The maximum Gasteiger partial charge on any atom is 0.226 e. The third kappa shape index (κ3) is 4.95. The van der Waals surface area contributed by atoms with Crippen molar-refractivity contribution in [1.82, 2.24) is 0 Å². The number of anilines is 2. The zero-order chi connectivity index (χ0) is 19.1. The third-order valence-corrected chi connectivity index (χ3v) is 3.75. The van der Waals surface area contributed by atoms with Crippen molar-refractivity contribution in [2.45, 2.75) is 13.3 Å². The van der Waals surface area contributed by atoms with E-state index in [1.807, 2.05) is 0 Å². The number of rotatable bonds is 7. The highest BCUT2D eigenvalue weighted by molar-refractivity contribution is 5.94. The van der Waals surface area contributed by atoms with Gasteiger partial charge in [-0.05, 0) is 36.4 Å². The highest BCUT2D eigenvalue weighted by atomic mass is 19.1. The number of carbonyl (C=O) groups is 2. The molecule has 0 unspecified atom stereocenters. The van der Waals surface area contributed by atoms with Crippen LogP contribution in [0.15, 0.2) is 42.5 Å². The highest BCUT2D eigenvalue weighted by Crippen LogP contribution is 2.29. The quantitative estimate of drug-likeness (QED) is 0.823. The molecule has 0 aromatic heterocycles. The minimum atomic E-state index is -0.386. The molecule has 2 amide bonds. The monoisotopic (exact) mass is 360 g/mol. The van der Waals surface area contributed by atoms with Gasteiger partial charge in [0.25, 0.3) is 0 Å². The van der Waals surface area contributed by atoms with Gasteiger partial charge in [0.2, 0.25) is 11.8 Å². The Labute approximate surface area is 151 Å². The molecule has 7 heteroatoms. The van der Waals surface area contributed by atoms with Crippen LogP contribution >= 0.6 is 0 Å². The van der Waals surface area contributed by atoms with Crippen molar-refractivity contribution in [1.29, 1.82) is 0 Å². The number of hydrogen-bond donors (Lipinski definition) is 1. The lowest BCUT2D eigenvalue weighted by molar-refractivity contribution is -0.117. The Balaban J connectivity index is 2.00. The van der Waals surface area contributed by atoms with Gasteiger partial charge in [-0.1, -0.05) is 0 Å². The fourth-order valence-corrected chi connectivity index (χ4v) is 2.44. The van der Waals surface area contributed by atoms with E-state index in [1.165, 1.54) is 50.3 Å². The average molecular weight is 360 g/mol. The lowest BCUT2D eigenvalue weighted by Crippen LogP contribution is -2.31. The number of amides is 2. The number of halogens is 1.